The van der Waals surface area contributed by atoms with Crippen LogP contribution in [0, 0.1) is 0 Å². The van der Waals surface area contributed by atoms with Crippen molar-refractivity contribution in [2.45, 2.75) is 25.4 Å². The van der Waals surface area contributed by atoms with Crippen molar-refractivity contribution in [3.63, 3.8) is 0 Å². The number of carbonyl (C=O) groups excluding carboxylic acids is 1. The molecular weight excluding hydrogens is 606 g/mol. The van der Waals surface area contributed by atoms with Crippen molar-refractivity contribution in [1.29, 1.82) is 0 Å². The van der Waals surface area contributed by atoms with E-state index >= 15 is 0 Å². The molecule has 1 aliphatic rings. The summed E-state index contributed by atoms with van der Waals surface area (Å²) >= 11 is 24.4. The molecule has 0 spiro atoms. The van der Waals surface area contributed by atoms with Gasteiger partial charge in [0.15, 0.2) is 0 Å². The summed E-state index contributed by atoms with van der Waals surface area (Å²) in [5, 5.41) is 20.2. The first-order valence-corrected chi connectivity index (χ1v) is 13.9. The van der Waals surface area contributed by atoms with Crippen LogP contribution in [-0.2, 0) is 10.2 Å². The van der Waals surface area contributed by atoms with Gasteiger partial charge in [-0.3, -0.25) is 0 Å². The number of methoxy groups -OCH3 is 1. The van der Waals surface area contributed by atoms with Crippen LogP contribution < -0.4 is 4.74 Å². The molecule has 0 radical (unpaired) electrons. The maximum atomic E-state index is 12.1. The molecule has 9 heteroatoms. The minimum absolute atomic E-state index is 0.0406. The summed E-state index contributed by atoms with van der Waals surface area (Å²) in [7, 11) is 1.60. The lowest BCUT2D eigenvalue weighted by molar-refractivity contribution is 0.0468. The van der Waals surface area contributed by atoms with Gasteiger partial charge >= 0.3 is 5.97 Å². The van der Waals surface area contributed by atoms with E-state index in [1.165, 1.54) is 0 Å². The molecule has 0 aromatic heterocycles. The second-order valence-electron chi connectivity index (χ2n) is 9.66. The number of carbonyl (C=O) groups is 1. The number of benzene rings is 4. The molecule has 0 saturated heterocycles. The van der Waals surface area contributed by atoms with Crippen LogP contribution in [0.25, 0.3) is 6.08 Å². The van der Waals surface area contributed by atoms with Crippen molar-refractivity contribution < 1.29 is 24.5 Å². The average Bonchev–Trinajstić information content (AvgIpc) is 3.30. The number of phenols is 2. The number of hydrogen-bond acceptors (Lipinski definition) is 5. The Hall–Kier alpha value is -3.35. The van der Waals surface area contributed by atoms with Crippen molar-refractivity contribution in [1.82, 2.24) is 0 Å². The monoisotopic (exact) mass is 630 g/mol. The second-order valence-corrected chi connectivity index (χ2v) is 11.2. The Labute approximate surface area is 258 Å². The standard InChI is InChI=1S/C17H10Cl4O3.C15H16O2/c1-23-9-5-2-8(3-6-9)4-7-10-11-12(17(22)24-10)14(19)16(21)15(20)13(11)18;1-15(2,11-7-3-5-9-13(11)16)12-8-4-6-10-14(12)17/h2-7,10H,1H3;3-10,16-17H,1-2H3. The van der Waals surface area contributed by atoms with E-state index in [1.54, 1.807) is 43.5 Å². The van der Waals surface area contributed by atoms with E-state index in [0.29, 0.717) is 5.56 Å². The molecule has 0 saturated carbocycles. The van der Waals surface area contributed by atoms with Gasteiger partial charge in [-0.25, -0.2) is 4.79 Å². The number of para-hydroxylation sites is 2. The van der Waals surface area contributed by atoms with E-state index in [0.717, 1.165) is 22.4 Å². The van der Waals surface area contributed by atoms with E-state index in [1.807, 2.05) is 62.4 Å². The Kier molecular flexibility index (Phi) is 9.45. The third kappa shape index (κ3) is 6.29. The molecule has 212 valence electrons. The van der Waals surface area contributed by atoms with Crippen molar-refractivity contribution in [3.8, 4) is 17.2 Å². The minimum Gasteiger partial charge on any atom is -0.508 e. The van der Waals surface area contributed by atoms with Gasteiger partial charge in [0.25, 0.3) is 0 Å². The van der Waals surface area contributed by atoms with Gasteiger partial charge in [-0.2, -0.15) is 0 Å². The van der Waals surface area contributed by atoms with Crippen LogP contribution in [0.4, 0.5) is 0 Å². The predicted molar refractivity (Wildman–Crippen MR) is 165 cm³/mol. The Morgan fingerprint density at radius 3 is 1.80 bits per heavy atom. The summed E-state index contributed by atoms with van der Waals surface area (Å²) in [4.78, 5) is 12.1. The number of ether oxygens (including phenoxy) is 2. The van der Waals surface area contributed by atoms with Crippen LogP contribution in [-0.4, -0.2) is 23.3 Å². The van der Waals surface area contributed by atoms with Crippen molar-refractivity contribution >= 4 is 58.4 Å². The van der Waals surface area contributed by atoms with E-state index in [2.05, 4.69) is 0 Å². The first-order valence-electron chi connectivity index (χ1n) is 12.4. The highest BCUT2D eigenvalue weighted by molar-refractivity contribution is 6.53. The van der Waals surface area contributed by atoms with Crippen LogP contribution in [0.1, 0.15) is 52.6 Å². The van der Waals surface area contributed by atoms with Gasteiger partial charge < -0.3 is 19.7 Å². The van der Waals surface area contributed by atoms with E-state index in [9.17, 15) is 15.0 Å². The SMILES string of the molecule is CC(C)(c1ccccc1O)c1ccccc1O.COc1ccc(C=CC2OC(=O)c3c(Cl)c(Cl)c(Cl)c(Cl)c32)cc1. The summed E-state index contributed by atoms with van der Waals surface area (Å²) in [6.07, 6.45) is 2.83. The van der Waals surface area contributed by atoms with Gasteiger partial charge in [0.1, 0.15) is 23.4 Å². The lowest BCUT2D eigenvalue weighted by atomic mass is 9.77. The fourth-order valence-electron chi connectivity index (χ4n) is 4.55. The number of aromatic hydroxyl groups is 2. The van der Waals surface area contributed by atoms with Crippen LogP contribution in [0.15, 0.2) is 78.9 Å². The third-order valence-electron chi connectivity index (χ3n) is 6.76. The Balaban J connectivity index is 0.000000201. The maximum absolute atomic E-state index is 12.1. The van der Waals surface area contributed by atoms with E-state index < -0.39 is 17.5 Å². The number of hydrogen-bond donors (Lipinski definition) is 2. The molecule has 4 aromatic carbocycles. The molecule has 1 aliphatic heterocycles. The maximum Gasteiger partial charge on any atom is 0.341 e. The number of rotatable bonds is 5. The van der Waals surface area contributed by atoms with Gasteiger partial charge in [0.2, 0.25) is 0 Å². The molecule has 1 unspecified atom stereocenters. The van der Waals surface area contributed by atoms with Crippen LogP contribution in [0.3, 0.4) is 0 Å². The van der Waals surface area contributed by atoms with E-state index in [-0.39, 0.29) is 37.2 Å². The van der Waals surface area contributed by atoms with Gasteiger partial charge in [-0.1, -0.05) is 115 Å². The van der Waals surface area contributed by atoms with E-state index in [4.69, 9.17) is 55.9 Å². The number of halogens is 4. The molecule has 1 atom stereocenters. The second kappa shape index (κ2) is 12.7. The lowest BCUT2D eigenvalue weighted by Crippen LogP contribution is -2.19. The Bertz CT molecular complexity index is 1570. The predicted octanol–water partition coefficient (Wildman–Crippen LogP) is 9.66. The molecule has 4 aromatic rings. The van der Waals surface area contributed by atoms with Crippen molar-refractivity contribution in [2.24, 2.45) is 0 Å². The summed E-state index contributed by atoms with van der Waals surface area (Å²) < 4.78 is 10.4. The van der Waals surface area contributed by atoms with Crippen molar-refractivity contribution in [3.05, 3.63) is 127 Å². The Morgan fingerprint density at radius 2 is 1.29 bits per heavy atom. The summed E-state index contributed by atoms with van der Waals surface area (Å²) in [5.74, 6) is 0.669. The highest BCUT2D eigenvalue weighted by Gasteiger charge is 2.37. The van der Waals surface area contributed by atoms with Gasteiger partial charge in [0.05, 0.1) is 32.8 Å². The number of esters is 1. The first kappa shape index (κ1) is 30.6. The molecule has 0 aliphatic carbocycles. The summed E-state index contributed by atoms with van der Waals surface area (Å²) in [5.41, 5.74) is 2.66. The molecular formula is C32H26Cl4O5. The highest BCUT2D eigenvalue weighted by atomic mass is 35.5. The van der Waals surface area contributed by atoms with Crippen LogP contribution in [0.5, 0.6) is 17.2 Å². The Morgan fingerprint density at radius 1 is 0.780 bits per heavy atom. The first-order chi connectivity index (χ1) is 19.5. The number of cyclic esters (lactones) is 1. The zero-order valence-electron chi connectivity index (χ0n) is 22.3. The largest absolute Gasteiger partial charge is 0.508 e. The smallest absolute Gasteiger partial charge is 0.341 e. The molecule has 5 rings (SSSR count). The summed E-state index contributed by atoms with van der Waals surface area (Å²) in [6.45, 7) is 3.97. The van der Waals surface area contributed by atoms with Gasteiger partial charge in [0, 0.05) is 22.1 Å². The lowest BCUT2D eigenvalue weighted by Gasteiger charge is -2.27. The summed E-state index contributed by atoms with van der Waals surface area (Å²) in [6, 6.07) is 21.8. The molecule has 2 N–H and O–H groups in total. The molecule has 0 bridgehead atoms. The topological polar surface area (TPSA) is 76.0 Å². The molecule has 41 heavy (non-hydrogen) atoms. The fraction of sp³-hybridized carbons (Fsp3) is 0.156. The zero-order chi connectivity index (χ0) is 29.9. The molecule has 1 heterocycles. The third-order valence-corrected chi connectivity index (χ3v) is 8.58. The van der Waals surface area contributed by atoms with Crippen LogP contribution >= 0.6 is 46.4 Å². The van der Waals surface area contributed by atoms with Gasteiger partial charge in [-0.15, -0.1) is 0 Å². The molecule has 5 nitrogen and oxygen atoms in total. The average molecular weight is 632 g/mol. The zero-order valence-corrected chi connectivity index (χ0v) is 25.3. The quantitative estimate of drug-likeness (QED) is 0.130. The number of fused-ring (bicyclic) bond motifs is 1. The normalized spacial score (nSPS) is 14.3. The molecule has 0 fully saturated rings. The minimum atomic E-state index is -0.686. The number of phenolic OH excluding ortho intramolecular Hbond substituents is 2. The van der Waals surface area contributed by atoms with Crippen molar-refractivity contribution in [2.75, 3.05) is 7.11 Å². The highest BCUT2D eigenvalue weighted by Crippen LogP contribution is 2.48. The fourth-order valence-corrected chi connectivity index (χ4v) is 5.60. The van der Waals surface area contributed by atoms with Crippen LogP contribution in [0.2, 0.25) is 20.1 Å². The molecule has 0 amide bonds. The van der Waals surface area contributed by atoms with Gasteiger partial charge in [-0.05, 0) is 35.9 Å².